The number of alkyl halides is 3. The van der Waals surface area contributed by atoms with Gasteiger partial charge < -0.3 is 14.8 Å². The maximum absolute atomic E-state index is 12.4. The molecule has 0 aliphatic carbocycles. The molecule has 2 rings (SSSR count). The van der Waals surface area contributed by atoms with E-state index in [2.05, 4.69) is 5.32 Å². The van der Waals surface area contributed by atoms with Gasteiger partial charge in [0.1, 0.15) is 18.1 Å². The van der Waals surface area contributed by atoms with Crippen LogP contribution in [-0.2, 0) is 6.18 Å². The van der Waals surface area contributed by atoms with Gasteiger partial charge in [-0.15, -0.1) is 0 Å². The SMILES string of the molecule is CCOc1ccc(C(=O)NCCOc2ccc(C(F)(F)F)cc2)cc1. The zero-order valence-electron chi connectivity index (χ0n) is 13.6. The van der Waals surface area contributed by atoms with Crippen LogP contribution in [0.5, 0.6) is 11.5 Å². The van der Waals surface area contributed by atoms with Crippen molar-refractivity contribution in [3.05, 3.63) is 59.7 Å². The maximum Gasteiger partial charge on any atom is 0.416 e. The highest BCUT2D eigenvalue weighted by molar-refractivity contribution is 5.94. The van der Waals surface area contributed by atoms with Crippen molar-refractivity contribution < 1.29 is 27.4 Å². The quantitative estimate of drug-likeness (QED) is 0.768. The smallest absolute Gasteiger partial charge is 0.416 e. The van der Waals surface area contributed by atoms with Crippen LogP contribution in [0.1, 0.15) is 22.8 Å². The molecule has 0 aromatic heterocycles. The molecule has 4 nitrogen and oxygen atoms in total. The number of ether oxygens (including phenoxy) is 2. The van der Waals surface area contributed by atoms with Gasteiger partial charge in [0.05, 0.1) is 18.7 Å². The molecule has 0 saturated heterocycles. The topological polar surface area (TPSA) is 47.6 Å². The van der Waals surface area contributed by atoms with Gasteiger partial charge in [0.2, 0.25) is 0 Å². The number of benzene rings is 2. The van der Waals surface area contributed by atoms with Gasteiger partial charge in [0.15, 0.2) is 0 Å². The van der Waals surface area contributed by atoms with Crippen molar-refractivity contribution >= 4 is 5.91 Å². The number of halogens is 3. The minimum atomic E-state index is -4.37. The van der Waals surface area contributed by atoms with E-state index in [0.717, 1.165) is 12.1 Å². The molecule has 0 atom stereocenters. The summed E-state index contributed by atoms with van der Waals surface area (Å²) in [5, 5.41) is 2.67. The molecule has 7 heteroatoms. The number of hydrogen-bond donors (Lipinski definition) is 1. The van der Waals surface area contributed by atoms with Crippen molar-refractivity contribution in [2.75, 3.05) is 19.8 Å². The van der Waals surface area contributed by atoms with Crippen LogP contribution < -0.4 is 14.8 Å². The van der Waals surface area contributed by atoms with Crippen molar-refractivity contribution in [1.82, 2.24) is 5.32 Å². The number of carbonyl (C=O) groups is 1. The Labute approximate surface area is 143 Å². The minimum absolute atomic E-state index is 0.147. The third kappa shape index (κ3) is 5.70. The van der Waals surface area contributed by atoms with E-state index in [1.165, 1.54) is 12.1 Å². The third-order valence-corrected chi connectivity index (χ3v) is 3.27. The molecule has 134 valence electrons. The lowest BCUT2D eigenvalue weighted by Gasteiger charge is -2.10. The Bertz CT molecular complexity index is 682. The van der Waals surface area contributed by atoms with Crippen LogP contribution in [0.15, 0.2) is 48.5 Å². The largest absolute Gasteiger partial charge is 0.494 e. The molecular formula is C18H18F3NO3. The number of carbonyl (C=O) groups excluding carboxylic acids is 1. The van der Waals surface area contributed by atoms with Gasteiger partial charge >= 0.3 is 6.18 Å². The summed E-state index contributed by atoms with van der Waals surface area (Å²) in [4.78, 5) is 11.9. The summed E-state index contributed by atoms with van der Waals surface area (Å²) in [6.07, 6.45) is -4.37. The maximum atomic E-state index is 12.4. The molecule has 0 heterocycles. The Morgan fingerprint density at radius 3 is 2.08 bits per heavy atom. The van der Waals surface area contributed by atoms with Gasteiger partial charge in [-0.05, 0) is 55.5 Å². The number of amides is 1. The Balaban J connectivity index is 1.76. The van der Waals surface area contributed by atoms with Crippen molar-refractivity contribution in [2.45, 2.75) is 13.1 Å². The second-order valence-electron chi connectivity index (χ2n) is 5.08. The van der Waals surface area contributed by atoms with Crippen LogP contribution in [0.4, 0.5) is 13.2 Å². The molecule has 0 fully saturated rings. The average molecular weight is 353 g/mol. The number of nitrogens with one attached hydrogen (secondary N) is 1. The first-order valence-electron chi connectivity index (χ1n) is 7.71. The van der Waals surface area contributed by atoms with E-state index in [4.69, 9.17) is 9.47 Å². The van der Waals surface area contributed by atoms with Gasteiger partial charge in [0, 0.05) is 5.56 Å². The Kier molecular flexibility index (Phi) is 6.27. The Morgan fingerprint density at radius 1 is 0.960 bits per heavy atom. The van der Waals surface area contributed by atoms with Gasteiger partial charge in [-0.25, -0.2) is 0 Å². The summed E-state index contributed by atoms with van der Waals surface area (Å²) >= 11 is 0. The summed E-state index contributed by atoms with van der Waals surface area (Å²) in [6, 6.07) is 11.1. The monoisotopic (exact) mass is 353 g/mol. The van der Waals surface area contributed by atoms with Crippen LogP contribution in [-0.4, -0.2) is 25.7 Å². The molecule has 25 heavy (non-hydrogen) atoms. The highest BCUT2D eigenvalue weighted by Crippen LogP contribution is 2.30. The summed E-state index contributed by atoms with van der Waals surface area (Å²) in [5.41, 5.74) is -0.248. The molecule has 2 aromatic carbocycles. The molecule has 0 aliphatic heterocycles. The van der Waals surface area contributed by atoms with Crippen molar-refractivity contribution in [1.29, 1.82) is 0 Å². The lowest BCUT2D eigenvalue weighted by atomic mass is 10.2. The van der Waals surface area contributed by atoms with Crippen molar-refractivity contribution in [2.24, 2.45) is 0 Å². The standard InChI is InChI=1S/C18H18F3NO3/c1-2-24-15-7-3-13(4-8-15)17(23)22-11-12-25-16-9-5-14(6-10-16)18(19,20)21/h3-10H,2,11-12H2,1H3,(H,22,23). The first kappa shape index (κ1) is 18.6. The molecular weight excluding hydrogens is 335 g/mol. The normalized spacial score (nSPS) is 11.0. The summed E-state index contributed by atoms with van der Waals surface area (Å²) < 4.78 is 47.9. The van der Waals surface area contributed by atoms with Gasteiger partial charge in [0.25, 0.3) is 5.91 Å². The second kappa shape index (κ2) is 8.41. The van der Waals surface area contributed by atoms with Gasteiger partial charge in [-0.1, -0.05) is 0 Å². The summed E-state index contributed by atoms with van der Waals surface area (Å²) in [6.45, 7) is 2.80. The van der Waals surface area contributed by atoms with E-state index in [1.54, 1.807) is 24.3 Å². The van der Waals surface area contributed by atoms with Gasteiger partial charge in [-0.2, -0.15) is 13.2 Å². The Morgan fingerprint density at radius 2 is 1.52 bits per heavy atom. The molecule has 0 saturated carbocycles. The first-order chi connectivity index (χ1) is 11.9. The fraction of sp³-hybridized carbons (Fsp3) is 0.278. The molecule has 1 amide bonds. The highest BCUT2D eigenvalue weighted by Gasteiger charge is 2.29. The van der Waals surface area contributed by atoms with Crippen LogP contribution >= 0.6 is 0 Å². The molecule has 0 bridgehead atoms. The van der Waals surface area contributed by atoms with E-state index in [0.29, 0.717) is 23.7 Å². The number of hydrogen-bond acceptors (Lipinski definition) is 3. The molecule has 1 N–H and O–H groups in total. The van der Waals surface area contributed by atoms with Crippen molar-refractivity contribution in [3.63, 3.8) is 0 Å². The Hall–Kier alpha value is -2.70. The average Bonchev–Trinajstić information content (AvgIpc) is 2.59. The second-order valence-corrected chi connectivity index (χ2v) is 5.08. The molecule has 0 spiro atoms. The predicted molar refractivity (Wildman–Crippen MR) is 86.9 cm³/mol. The van der Waals surface area contributed by atoms with E-state index in [9.17, 15) is 18.0 Å². The summed E-state index contributed by atoms with van der Waals surface area (Å²) in [7, 11) is 0. The zero-order valence-corrected chi connectivity index (χ0v) is 13.6. The van der Waals surface area contributed by atoms with E-state index >= 15 is 0 Å². The van der Waals surface area contributed by atoms with Crippen LogP contribution in [0.25, 0.3) is 0 Å². The van der Waals surface area contributed by atoms with E-state index in [-0.39, 0.29) is 19.1 Å². The number of rotatable bonds is 7. The van der Waals surface area contributed by atoms with E-state index < -0.39 is 11.7 Å². The van der Waals surface area contributed by atoms with Crippen LogP contribution in [0.2, 0.25) is 0 Å². The molecule has 2 aromatic rings. The fourth-order valence-electron chi connectivity index (χ4n) is 2.04. The van der Waals surface area contributed by atoms with E-state index in [1.807, 2.05) is 6.92 Å². The highest BCUT2D eigenvalue weighted by atomic mass is 19.4. The third-order valence-electron chi connectivity index (χ3n) is 3.27. The van der Waals surface area contributed by atoms with Crippen molar-refractivity contribution in [3.8, 4) is 11.5 Å². The lowest BCUT2D eigenvalue weighted by Crippen LogP contribution is -2.28. The first-order valence-corrected chi connectivity index (χ1v) is 7.71. The minimum Gasteiger partial charge on any atom is -0.494 e. The van der Waals surface area contributed by atoms with Gasteiger partial charge in [-0.3, -0.25) is 4.79 Å². The van der Waals surface area contributed by atoms with Crippen LogP contribution in [0, 0.1) is 0 Å². The predicted octanol–water partition coefficient (Wildman–Crippen LogP) is 3.91. The lowest BCUT2D eigenvalue weighted by molar-refractivity contribution is -0.137. The molecule has 0 unspecified atom stereocenters. The molecule has 0 radical (unpaired) electrons. The molecule has 0 aliphatic rings. The fourth-order valence-corrected chi connectivity index (χ4v) is 2.04. The van der Waals surface area contributed by atoms with Crippen LogP contribution in [0.3, 0.4) is 0 Å². The summed E-state index contributed by atoms with van der Waals surface area (Å²) in [5.74, 6) is 0.729. The zero-order chi connectivity index (χ0) is 18.3.